The van der Waals surface area contributed by atoms with Gasteiger partial charge < -0.3 is 15.6 Å². The van der Waals surface area contributed by atoms with Gasteiger partial charge in [-0.2, -0.15) is 0 Å². The predicted octanol–water partition coefficient (Wildman–Crippen LogP) is 3.55. The van der Waals surface area contributed by atoms with Gasteiger partial charge in [0.15, 0.2) is 0 Å². The van der Waals surface area contributed by atoms with E-state index in [4.69, 9.17) is 15.6 Å². The third kappa shape index (κ3) is 3.59. The van der Waals surface area contributed by atoms with Crippen LogP contribution in [-0.2, 0) is 0 Å². The summed E-state index contributed by atoms with van der Waals surface area (Å²) in [6.07, 6.45) is 0. The summed E-state index contributed by atoms with van der Waals surface area (Å²) < 4.78 is 5.14. The number of carboxylic acids is 1. The molecule has 106 valence electrons. The second kappa shape index (κ2) is 7.07. The SMILES string of the molecule is COc1ccc(N)c(Sc2ccccc2C(=O)O)c1.Cl. The number of carboxylic acid groups (broad SMARTS) is 1. The minimum Gasteiger partial charge on any atom is -0.497 e. The Bertz CT molecular complexity index is 619. The average molecular weight is 312 g/mol. The molecule has 3 N–H and O–H groups in total. The maximum absolute atomic E-state index is 11.2. The third-order valence-electron chi connectivity index (χ3n) is 2.56. The lowest BCUT2D eigenvalue weighted by Crippen LogP contribution is -1.98. The van der Waals surface area contributed by atoms with Crippen molar-refractivity contribution in [1.29, 1.82) is 0 Å². The zero-order valence-corrected chi connectivity index (χ0v) is 12.3. The molecule has 0 aliphatic carbocycles. The Morgan fingerprint density at radius 2 is 1.90 bits per heavy atom. The van der Waals surface area contributed by atoms with Crippen LogP contribution in [0.4, 0.5) is 5.69 Å². The summed E-state index contributed by atoms with van der Waals surface area (Å²) in [5, 5.41) is 9.14. The monoisotopic (exact) mass is 311 g/mol. The number of methoxy groups -OCH3 is 1. The molecule has 2 rings (SSSR count). The number of halogens is 1. The average Bonchev–Trinajstić information content (AvgIpc) is 2.41. The fourth-order valence-electron chi connectivity index (χ4n) is 1.58. The van der Waals surface area contributed by atoms with Crippen LogP contribution in [-0.4, -0.2) is 18.2 Å². The molecular weight excluding hydrogens is 298 g/mol. The lowest BCUT2D eigenvalue weighted by molar-refractivity contribution is 0.0693. The highest BCUT2D eigenvalue weighted by Gasteiger charge is 2.12. The number of anilines is 1. The summed E-state index contributed by atoms with van der Waals surface area (Å²) in [7, 11) is 1.57. The van der Waals surface area contributed by atoms with Crippen LogP contribution in [0.25, 0.3) is 0 Å². The van der Waals surface area contributed by atoms with Crippen molar-refractivity contribution < 1.29 is 14.6 Å². The molecule has 0 saturated heterocycles. The lowest BCUT2D eigenvalue weighted by atomic mass is 10.2. The van der Waals surface area contributed by atoms with Crippen LogP contribution in [0.2, 0.25) is 0 Å². The molecule has 0 amide bonds. The Balaban J connectivity index is 0.00000200. The number of benzene rings is 2. The van der Waals surface area contributed by atoms with Crippen LogP contribution in [0.1, 0.15) is 10.4 Å². The van der Waals surface area contributed by atoms with E-state index in [1.807, 2.05) is 0 Å². The highest BCUT2D eigenvalue weighted by atomic mass is 35.5. The molecule has 0 aliphatic heterocycles. The van der Waals surface area contributed by atoms with Gasteiger partial charge in [-0.1, -0.05) is 23.9 Å². The van der Waals surface area contributed by atoms with Gasteiger partial charge in [0.25, 0.3) is 0 Å². The summed E-state index contributed by atoms with van der Waals surface area (Å²) in [5.74, 6) is -0.269. The molecule has 20 heavy (non-hydrogen) atoms. The molecule has 0 bridgehead atoms. The van der Waals surface area contributed by atoms with Gasteiger partial charge in [0.05, 0.1) is 12.7 Å². The van der Waals surface area contributed by atoms with Gasteiger partial charge in [0.2, 0.25) is 0 Å². The first-order valence-corrected chi connectivity index (χ1v) is 6.37. The maximum Gasteiger partial charge on any atom is 0.336 e. The first-order chi connectivity index (χ1) is 9.11. The van der Waals surface area contributed by atoms with E-state index in [-0.39, 0.29) is 18.0 Å². The van der Waals surface area contributed by atoms with Crippen molar-refractivity contribution in [3.05, 3.63) is 48.0 Å². The number of rotatable bonds is 4. The molecule has 0 fully saturated rings. The molecule has 0 saturated carbocycles. The fourth-order valence-corrected chi connectivity index (χ4v) is 2.59. The van der Waals surface area contributed by atoms with E-state index in [1.165, 1.54) is 11.8 Å². The topological polar surface area (TPSA) is 72.5 Å². The first-order valence-electron chi connectivity index (χ1n) is 5.55. The standard InChI is InChI=1S/C14H13NO3S.ClH/c1-18-9-6-7-11(15)13(8-9)19-12-5-3-2-4-10(12)14(16)17;/h2-8H,15H2,1H3,(H,16,17);1H. The molecule has 0 atom stereocenters. The largest absolute Gasteiger partial charge is 0.497 e. The Morgan fingerprint density at radius 3 is 2.55 bits per heavy atom. The molecule has 2 aromatic carbocycles. The lowest BCUT2D eigenvalue weighted by Gasteiger charge is -2.09. The van der Waals surface area contributed by atoms with E-state index in [0.29, 0.717) is 16.3 Å². The van der Waals surface area contributed by atoms with E-state index < -0.39 is 5.97 Å². The molecule has 0 heterocycles. The van der Waals surface area contributed by atoms with Crippen molar-refractivity contribution in [2.75, 3.05) is 12.8 Å². The van der Waals surface area contributed by atoms with Crippen LogP contribution in [0.5, 0.6) is 5.75 Å². The molecule has 0 radical (unpaired) electrons. The van der Waals surface area contributed by atoms with Crippen molar-refractivity contribution >= 4 is 35.8 Å². The number of ether oxygens (including phenoxy) is 1. The number of hydrogen-bond acceptors (Lipinski definition) is 4. The van der Waals surface area contributed by atoms with Crippen molar-refractivity contribution in [2.24, 2.45) is 0 Å². The number of carbonyl (C=O) groups is 1. The van der Waals surface area contributed by atoms with Crippen molar-refractivity contribution in [1.82, 2.24) is 0 Å². The Morgan fingerprint density at radius 1 is 1.20 bits per heavy atom. The van der Waals surface area contributed by atoms with Gasteiger partial charge in [-0.3, -0.25) is 0 Å². The zero-order chi connectivity index (χ0) is 13.8. The summed E-state index contributed by atoms with van der Waals surface area (Å²) in [6, 6.07) is 12.1. The van der Waals surface area contributed by atoms with Gasteiger partial charge >= 0.3 is 5.97 Å². The number of hydrogen-bond donors (Lipinski definition) is 2. The zero-order valence-electron chi connectivity index (χ0n) is 10.7. The second-order valence-corrected chi connectivity index (χ2v) is 4.89. The number of aromatic carboxylic acids is 1. The summed E-state index contributed by atoms with van der Waals surface area (Å²) in [4.78, 5) is 12.6. The number of nitrogens with two attached hydrogens (primary N) is 1. The highest BCUT2D eigenvalue weighted by Crippen LogP contribution is 2.36. The summed E-state index contributed by atoms with van der Waals surface area (Å²) >= 11 is 1.31. The highest BCUT2D eigenvalue weighted by molar-refractivity contribution is 7.99. The normalized spacial score (nSPS) is 9.65. The van der Waals surface area contributed by atoms with Gasteiger partial charge in [-0.05, 0) is 30.3 Å². The second-order valence-electron chi connectivity index (χ2n) is 3.81. The molecule has 4 nitrogen and oxygen atoms in total. The molecular formula is C14H14ClNO3S. The van der Waals surface area contributed by atoms with Crippen LogP contribution in [0, 0.1) is 0 Å². The van der Waals surface area contributed by atoms with E-state index in [9.17, 15) is 4.79 Å². The smallest absolute Gasteiger partial charge is 0.336 e. The third-order valence-corrected chi connectivity index (χ3v) is 3.71. The van der Waals surface area contributed by atoms with E-state index in [0.717, 1.165) is 4.90 Å². The van der Waals surface area contributed by atoms with E-state index in [2.05, 4.69) is 0 Å². The van der Waals surface area contributed by atoms with Crippen LogP contribution < -0.4 is 10.5 Å². The molecule has 6 heteroatoms. The van der Waals surface area contributed by atoms with Gasteiger partial charge in [0.1, 0.15) is 5.75 Å². The fraction of sp³-hybridized carbons (Fsp3) is 0.0714. The Kier molecular flexibility index (Phi) is 5.73. The Labute approximate surface area is 127 Å². The van der Waals surface area contributed by atoms with Crippen molar-refractivity contribution in [3.8, 4) is 5.75 Å². The summed E-state index contributed by atoms with van der Waals surface area (Å²) in [5.41, 5.74) is 6.74. The first kappa shape index (κ1) is 16.2. The Hall–Kier alpha value is -1.85. The predicted molar refractivity (Wildman–Crippen MR) is 82.2 cm³/mol. The van der Waals surface area contributed by atoms with Crippen molar-refractivity contribution in [3.63, 3.8) is 0 Å². The maximum atomic E-state index is 11.2. The molecule has 0 unspecified atom stereocenters. The molecule has 0 aliphatic rings. The summed E-state index contributed by atoms with van der Waals surface area (Å²) in [6.45, 7) is 0. The molecule has 0 spiro atoms. The minimum atomic E-state index is -0.954. The van der Waals surface area contributed by atoms with Crippen molar-refractivity contribution in [2.45, 2.75) is 9.79 Å². The van der Waals surface area contributed by atoms with Gasteiger partial charge in [-0.15, -0.1) is 12.4 Å². The van der Waals surface area contributed by atoms with Crippen LogP contribution in [0.3, 0.4) is 0 Å². The minimum absolute atomic E-state index is 0. The van der Waals surface area contributed by atoms with Crippen LogP contribution >= 0.6 is 24.2 Å². The van der Waals surface area contributed by atoms with E-state index >= 15 is 0 Å². The quantitative estimate of drug-likeness (QED) is 0.845. The van der Waals surface area contributed by atoms with E-state index in [1.54, 1.807) is 49.6 Å². The van der Waals surface area contributed by atoms with Gasteiger partial charge in [-0.25, -0.2) is 4.79 Å². The molecule has 0 aromatic heterocycles. The van der Waals surface area contributed by atoms with Gasteiger partial charge in [0, 0.05) is 15.5 Å². The van der Waals surface area contributed by atoms with Crippen LogP contribution in [0.15, 0.2) is 52.3 Å². The molecule has 2 aromatic rings. The number of nitrogen functional groups attached to an aromatic ring is 1.